The van der Waals surface area contributed by atoms with Gasteiger partial charge in [0.25, 0.3) is 5.91 Å². The molecule has 8 nitrogen and oxygen atoms in total. The van der Waals surface area contributed by atoms with E-state index in [4.69, 9.17) is 9.26 Å². The van der Waals surface area contributed by atoms with E-state index < -0.39 is 5.97 Å². The van der Waals surface area contributed by atoms with Crippen molar-refractivity contribution in [2.24, 2.45) is 11.3 Å². The molecule has 2 aliphatic rings. The first-order chi connectivity index (χ1) is 13.5. The van der Waals surface area contributed by atoms with Crippen LogP contribution in [0.4, 0.5) is 0 Å². The Morgan fingerprint density at radius 2 is 2.00 bits per heavy atom. The van der Waals surface area contributed by atoms with E-state index in [1.54, 1.807) is 24.3 Å². The van der Waals surface area contributed by atoms with Crippen molar-refractivity contribution < 1.29 is 24.0 Å². The van der Waals surface area contributed by atoms with Gasteiger partial charge in [0.2, 0.25) is 11.7 Å². The van der Waals surface area contributed by atoms with Gasteiger partial charge in [-0.3, -0.25) is 9.59 Å². The van der Waals surface area contributed by atoms with Gasteiger partial charge in [0.15, 0.2) is 6.61 Å². The van der Waals surface area contributed by atoms with Gasteiger partial charge >= 0.3 is 5.97 Å². The zero-order chi connectivity index (χ0) is 19.7. The van der Waals surface area contributed by atoms with Crippen LogP contribution in [0.15, 0.2) is 28.8 Å². The minimum Gasteiger partial charge on any atom is -0.485 e. The molecule has 2 aromatic rings. The van der Waals surface area contributed by atoms with Crippen molar-refractivity contribution in [1.82, 2.24) is 15.0 Å². The molecule has 1 amide bonds. The van der Waals surface area contributed by atoms with Gasteiger partial charge in [-0.2, -0.15) is 4.98 Å². The maximum absolute atomic E-state index is 12.7. The van der Waals surface area contributed by atoms with Crippen LogP contribution in [0.3, 0.4) is 0 Å². The van der Waals surface area contributed by atoms with Crippen molar-refractivity contribution in [3.8, 4) is 5.75 Å². The first-order valence-corrected chi connectivity index (χ1v) is 9.57. The van der Waals surface area contributed by atoms with Gasteiger partial charge in [0, 0.05) is 25.1 Å². The molecule has 1 unspecified atom stereocenters. The Labute approximate surface area is 162 Å². The van der Waals surface area contributed by atoms with Crippen molar-refractivity contribution in [2.75, 3.05) is 13.1 Å². The molecular formula is C20H23N3O5. The normalized spacial score (nSPS) is 20.2. The number of carboxylic acids is 1. The number of piperidine rings is 1. The van der Waals surface area contributed by atoms with Gasteiger partial charge in [-0.15, -0.1) is 0 Å². The molecule has 1 saturated carbocycles. The quantitative estimate of drug-likeness (QED) is 0.814. The number of amides is 1. The van der Waals surface area contributed by atoms with Crippen LogP contribution in [0.25, 0.3) is 0 Å². The number of aryl methyl sites for hydroxylation is 1. The van der Waals surface area contributed by atoms with Crippen LogP contribution in [-0.2, 0) is 17.8 Å². The zero-order valence-electron chi connectivity index (χ0n) is 15.8. The first-order valence-electron chi connectivity index (χ1n) is 9.57. The number of carbonyl (C=O) groups is 2. The van der Waals surface area contributed by atoms with Crippen LogP contribution in [0.5, 0.6) is 5.75 Å². The molecule has 2 heterocycles. The molecule has 1 aromatic heterocycles. The van der Waals surface area contributed by atoms with Crippen LogP contribution in [0.1, 0.15) is 48.3 Å². The Morgan fingerprint density at radius 3 is 2.57 bits per heavy atom. The van der Waals surface area contributed by atoms with Gasteiger partial charge in [0.1, 0.15) is 5.75 Å². The maximum atomic E-state index is 12.7. The summed E-state index contributed by atoms with van der Waals surface area (Å²) >= 11 is 0. The first kappa shape index (κ1) is 18.5. The average molecular weight is 385 g/mol. The molecule has 1 N–H and O–H groups in total. The van der Waals surface area contributed by atoms with Gasteiger partial charge in [0.05, 0.1) is 5.92 Å². The number of nitrogens with zero attached hydrogens (tertiary/aromatic N) is 3. The van der Waals surface area contributed by atoms with E-state index in [1.165, 1.54) is 0 Å². The Kier molecular flexibility index (Phi) is 4.78. The highest BCUT2D eigenvalue weighted by atomic mass is 16.5. The number of rotatable bonds is 6. The Hall–Kier alpha value is -2.90. The Bertz CT molecular complexity index is 868. The number of hydrogen-bond donors (Lipinski definition) is 1. The molecule has 1 atom stereocenters. The summed E-state index contributed by atoms with van der Waals surface area (Å²) in [6, 6.07) is 6.99. The molecule has 2 fully saturated rings. The van der Waals surface area contributed by atoms with E-state index in [-0.39, 0.29) is 23.8 Å². The monoisotopic (exact) mass is 385 g/mol. The second kappa shape index (κ2) is 7.26. The summed E-state index contributed by atoms with van der Waals surface area (Å²) in [6.07, 6.45) is 2.96. The van der Waals surface area contributed by atoms with Gasteiger partial charge < -0.3 is 19.3 Å². The van der Waals surface area contributed by atoms with Crippen LogP contribution < -0.4 is 4.74 Å². The lowest BCUT2D eigenvalue weighted by atomic mass is 9.90. The highest BCUT2D eigenvalue weighted by molar-refractivity contribution is 5.94. The number of ether oxygens (including phenoxy) is 1. The number of hydrogen-bond acceptors (Lipinski definition) is 6. The van der Waals surface area contributed by atoms with Gasteiger partial charge in [-0.25, -0.2) is 0 Å². The third kappa shape index (κ3) is 3.58. The van der Waals surface area contributed by atoms with E-state index in [0.29, 0.717) is 42.5 Å². The molecule has 4 rings (SSSR count). The summed E-state index contributed by atoms with van der Waals surface area (Å²) in [5.41, 5.74) is 0.523. The maximum Gasteiger partial charge on any atom is 0.307 e. The van der Waals surface area contributed by atoms with Crippen LogP contribution >= 0.6 is 0 Å². The van der Waals surface area contributed by atoms with E-state index in [9.17, 15) is 14.7 Å². The van der Waals surface area contributed by atoms with E-state index >= 15 is 0 Å². The van der Waals surface area contributed by atoms with E-state index in [0.717, 1.165) is 19.3 Å². The fraction of sp³-hybridized carbons (Fsp3) is 0.500. The zero-order valence-corrected chi connectivity index (χ0v) is 15.8. The number of carbonyl (C=O) groups excluding carboxylic acids is 1. The third-order valence-electron chi connectivity index (χ3n) is 5.82. The second-order valence-electron chi connectivity index (χ2n) is 7.52. The fourth-order valence-corrected chi connectivity index (χ4v) is 3.92. The molecule has 1 spiro atoms. The minimum atomic E-state index is -0.706. The second-order valence-corrected chi connectivity index (χ2v) is 7.52. The predicted molar refractivity (Wildman–Crippen MR) is 97.8 cm³/mol. The van der Waals surface area contributed by atoms with Crippen LogP contribution in [0, 0.1) is 11.3 Å². The largest absolute Gasteiger partial charge is 0.485 e. The topological polar surface area (TPSA) is 106 Å². The van der Waals surface area contributed by atoms with Crippen molar-refractivity contribution in [1.29, 1.82) is 0 Å². The molecule has 1 aliphatic carbocycles. The van der Waals surface area contributed by atoms with Crippen molar-refractivity contribution in [2.45, 2.75) is 39.2 Å². The molecule has 8 heteroatoms. The van der Waals surface area contributed by atoms with E-state index in [1.807, 2.05) is 11.8 Å². The lowest BCUT2D eigenvalue weighted by molar-refractivity contribution is -0.139. The number of benzene rings is 1. The number of likely N-dealkylation sites (tertiary alicyclic amines) is 1. The van der Waals surface area contributed by atoms with Crippen LogP contribution in [-0.4, -0.2) is 45.1 Å². The van der Waals surface area contributed by atoms with Crippen molar-refractivity contribution >= 4 is 11.9 Å². The summed E-state index contributed by atoms with van der Waals surface area (Å²) in [5.74, 6) is 0.720. The van der Waals surface area contributed by atoms with Crippen LogP contribution in [0.2, 0.25) is 0 Å². The van der Waals surface area contributed by atoms with Gasteiger partial charge in [-0.1, -0.05) is 12.1 Å². The molecule has 0 bridgehead atoms. The third-order valence-corrected chi connectivity index (χ3v) is 5.82. The SMILES string of the molecule is CCc1nc(COc2ccc(C(=O)N3CCC4(CC3)CC4C(=O)O)cc2)no1. The summed E-state index contributed by atoms with van der Waals surface area (Å²) in [4.78, 5) is 29.9. The summed E-state index contributed by atoms with van der Waals surface area (Å²) in [6.45, 7) is 3.36. The lowest BCUT2D eigenvalue weighted by Crippen LogP contribution is -2.40. The fourth-order valence-electron chi connectivity index (χ4n) is 3.92. The highest BCUT2D eigenvalue weighted by Crippen LogP contribution is 2.59. The standard InChI is InChI=1S/C20H23N3O5/c1-2-17-21-16(22-28-17)12-27-14-5-3-13(4-6-14)18(24)23-9-7-20(8-10-23)11-15(20)19(25)26/h3-6,15H,2,7-12H2,1H3,(H,25,26). The molecule has 0 radical (unpaired) electrons. The number of aromatic nitrogens is 2. The number of carboxylic acid groups (broad SMARTS) is 1. The molecular weight excluding hydrogens is 362 g/mol. The molecule has 1 aromatic carbocycles. The summed E-state index contributed by atoms with van der Waals surface area (Å²) < 4.78 is 10.7. The Morgan fingerprint density at radius 1 is 1.29 bits per heavy atom. The highest BCUT2D eigenvalue weighted by Gasteiger charge is 2.59. The predicted octanol–water partition coefficient (Wildman–Crippen LogP) is 2.54. The Balaban J connectivity index is 1.30. The summed E-state index contributed by atoms with van der Waals surface area (Å²) in [5, 5.41) is 13.0. The average Bonchev–Trinajstić information content (AvgIpc) is 3.22. The van der Waals surface area contributed by atoms with E-state index in [2.05, 4.69) is 10.1 Å². The molecule has 148 valence electrons. The smallest absolute Gasteiger partial charge is 0.307 e. The summed E-state index contributed by atoms with van der Waals surface area (Å²) in [7, 11) is 0. The van der Waals surface area contributed by atoms with Crippen molar-refractivity contribution in [3.63, 3.8) is 0 Å². The molecule has 1 aliphatic heterocycles. The molecule has 28 heavy (non-hydrogen) atoms. The van der Waals surface area contributed by atoms with Crippen molar-refractivity contribution in [3.05, 3.63) is 41.5 Å². The lowest BCUT2D eigenvalue weighted by Gasteiger charge is -2.32. The number of aliphatic carboxylic acids is 1. The molecule has 1 saturated heterocycles. The minimum absolute atomic E-state index is 0.0281. The van der Waals surface area contributed by atoms with Gasteiger partial charge in [-0.05, 0) is 48.9 Å².